The highest BCUT2D eigenvalue weighted by atomic mass is 16.5. The van der Waals surface area contributed by atoms with Crippen molar-refractivity contribution in [1.82, 2.24) is 4.90 Å². The fourth-order valence-corrected chi connectivity index (χ4v) is 4.93. The Labute approximate surface area is 211 Å². The van der Waals surface area contributed by atoms with E-state index in [0.717, 1.165) is 61.3 Å². The average molecular weight is 479 g/mol. The minimum atomic E-state index is -0.669. The van der Waals surface area contributed by atoms with Crippen LogP contribution in [-0.2, 0) is 22.6 Å². The molecule has 0 fully saturated rings. The van der Waals surface area contributed by atoms with E-state index in [0.29, 0.717) is 13.0 Å². The summed E-state index contributed by atoms with van der Waals surface area (Å²) in [5, 5.41) is 0. The van der Waals surface area contributed by atoms with Crippen molar-refractivity contribution >= 4 is 17.5 Å². The van der Waals surface area contributed by atoms with E-state index in [1.807, 2.05) is 53.4 Å². The van der Waals surface area contributed by atoms with Gasteiger partial charge in [0.1, 0.15) is 11.7 Å². The molecule has 0 radical (unpaired) electrons. The molecule has 190 valence electrons. The summed E-state index contributed by atoms with van der Waals surface area (Å²) in [5.41, 5.74) is 2.88. The number of rotatable bonds is 14. The van der Waals surface area contributed by atoms with Crippen LogP contribution in [0.4, 0.5) is 5.69 Å². The molecule has 3 rings (SSSR count). The molecule has 35 heavy (non-hydrogen) atoms. The van der Waals surface area contributed by atoms with Gasteiger partial charge in [0.25, 0.3) is 0 Å². The van der Waals surface area contributed by atoms with Gasteiger partial charge in [-0.15, -0.1) is 0 Å². The van der Waals surface area contributed by atoms with Crippen LogP contribution < -0.4 is 9.64 Å². The maximum absolute atomic E-state index is 13.8. The van der Waals surface area contributed by atoms with Crippen molar-refractivity contribution in [2.75, 3.05) is 25.1 Å². The van der Waals surface area contributed by atoms with E-state index in [-0.39, 0.29) is 11.8 Å². The number of ether oxygens (including phenoxy) is 1. The van der Waals surface area contributed by atoms with Gasteiger partial charge >= 0.3 is 0 Å². The molecule has 5 nitrogen and oxygen atoms in total. The molecule has 0 saturated heterocycles. The number of amides is 2. The molecule has 0 aromatic heterocycles. The molecule has 0 aliphatic carbocycles. The van der Waals surface area contributed by atoms with Gasteiger partial charge in [0.05, 0.1) is 13.7 Å². The second-order valence-corrected chi connectivity index (χ2v) is 9.57. The number of nitrogens with zero attached hydrogens (tertiary/aromatic N) is 2. The minimum Gasteiger partial charge on any atom is -0.496 e. The van der Waals surface area contributed by atoms with Crippen LogP contribution in [0.3, 0.4) is 0 Å². The maximum atomic E-state index is 13.8. The lowest BCUT2D eigenvalue weighted by Gasteiger charge is -2.36. The van der Waals surface area contributed by atoms with Gasteiger partial charge < -0.3 is 14.5 Å². The molecule has 2 aromatic rings. The summed E-state index contributed by atoms with van der Waals surface area (Å²) < 4.78 is 5.54. The van der Waals surface area contributed by atoms with E-state index < -0.39 is 5.92 Å². The SMILES string of the molecule is CCCCCCN(CCCCCC)C(=O)C1Cc2ccccc2N(Cc2ccccc2OC)C1=O. The van der Waals surface area contributed by atoms with Crippen LogP contribution in [-0.4, -0.2) is 36.9 Å². The molecule has 0 saturated carbocycles. The fraction of sp³-hybridized carbons (Fsp3) is 0.533. The summed E-state index contributed by atoms with van der Waals surface area (Å²) in [4.78, 5) is 31.4. The Morgan fingerprint density at radius 3 is 2.20 bits per heavy atom. The van der Waals surface area contributed by atoms with E-state index in [1.165, 1.54) is 25.7 Å². The number of para-hydroxylation sites is 2. The third-order valence-corrected chi connectivity index (χ3v) is 6.96. The van der Waals surface area contributed by atoms with E-state index in [2.05, 4.69) is 13.8 Å². The minimum absolute atomic E-state index is 0.0115. The third kappa shape index (κ3) is 7.09. The Kier molecular flexibility index (Phi) is 10.6. The van der Waals surface area contributed by atoms with E-state index in [4.69, 9.17) is 4.74 Å². The lowest BCUT2D eigenvalue weighted by molar-refractivity contribution is -0.141. The average Bonchev–Trinajstić information content (AvgIpc) is 2.89. The van der Waals surface area contributed by atoms with Gasteiger partial charge in [0.2, 0.25) is 11.8 Å². The number of carbonyl (C=O) groups is 2. The van der Waals surface area contributed by atoms with Crippen LogP contribution in [0.5, 0.6) is 5.75 Å². The number of methoxy groups -OCH3 is 1. The highest BCUT2D eigenvalue weighted by molar-refractivity contribution is 6.10. The normalized spacial score (nSPS) is 15.1. The zero-order valence-electron chi connectivity index (χ0n) is 21.8. The number of benzene rings is 2. The van der Waals surface area contributed by atoms with Crippen LogP contribution in [0.1, 0.15) is 76.3 Å². The molecule has 0 N–H and O–H groups in total. The lowest BCUT2D eigenvalue weighted by Crippen LogP contribution is -2.49. The van der Waals surface area contributed by atoms with Crippen molar-refractivity contribution in [2.24, 2.45) is 5.92 Å². The molecule has 0 spiro atoms. The van der Waals surface area contributed by atoms with Gasteiger partial charge in [-0.1, -0.05) is 88.8 Å². The number of fused-ring (bicyclic) bond motifs is 1. The lowest BCUT2D eigenvalue weighted by atomic mass is 9.89. The zero-order valence-corrected chi connectivity index (χ0v) is 21.8. The number of unbranched alkanes of at least 4 members (excludes halogenated alkanes) is 6. The molecule has 2 amide bonds. The third-order valence-electron chi connectivity index (χ3n) is 6.96. The first-order valence-corrected chi connectivity index (χ1v) is 13.4. The summed E-state index contributed by atoms with van der Waals surface area (Å²) >= 11 is 0. The van der Waals surface area contributed by atoms with Crippen LogP contribution in [0, 0.1) is 5.92 Å². The van der Waals surface area contributed by atoms with Gasteiger partial charge in [-0.25, -0.2) is 0 Å². The maximum Gasteiger partial charge on any atom is 0.240 e. The molecule has 5 heteroatoms. The van der Waals surface area contributed by atoms with Crippen LogP contribution in [0.2, 0.25) is 0 Å². The van der Waals surface area contributed by atoms with E-state index in [9.17, 15) is 9.59 Å². The van der Waals surface area contributed by atoms with Crippen molar-refractivity contribution in [1.29, 1.82) is 0 Å². The Morgan fingerprint density at radius 2 is 1.54 bits per heavy atom. The highest BCUT2D eigenvalue weighted by Gasteiger charge is 2.39. The van der Waals surface area contributed by atoms with Gasteiger partial charge in [-0.2, -0.15) is 0 Å². The van der Waals surface area contributed by atoms with Crippen molar-refractivity contribution < 1.29 is 14.3 Å². The summed E-state index contributed by atoms with van der Waals surface area (Å²) in [6, 6.07) is 15.7. The van der Waals surface area contributed by atoms with Crippen LogP contribution >= 0.6 is 0 Å². The number of hydrogen-bond donors (Lipinski definition) is 0. The van der Waals surface area contributed by atoms with Crippen LogP contribution in [0.25, 0.3) is 0 Å². The molecule has 0 bridgehead atoms. The first kappa shape index (κ1) is 26.8. The van der Waals surface area contributed by atoms with Crippen molar-refractivity contribution in [3.63, 3.8) is 0 Å². The van der Waals surface area contributed by atoms with Gasteiger partial charge in [-0.3, -0.25) is 9.59 Å². The first-order chi connectivity index (χ1) is 17.1. The Balaban J connectivity index is 1.83. The summed E-state index contributed by atoms with van der Waals surface area (Å²) in [5.74, 6) is -0.0362. The molecular weight excluding hydrogens is 436 g/mol. The predicted octanol–water partition coefficient (Wildman–Crippen LogP) is 6.39. The molecule has 1 atom stereocenters. The van der Waals surface area contributed by atoms with Crippen LogP contribution in [0.15, 0.2) is 48.5 Å². The topological polar surface area (TPSA) is 49.9 Å². The quantitative estimate of drug-likeness (QED) is 0.233. The van der Waals surface area contributed by atoms with E-state index in [1.54, 1.807) is 12.0 Å². The van der Waals surface area contributed by atoms with Crippen molar-refractivity contribution in [3.8, 4) is 5.75 Å². The monoisotopic (exact) mass is 478 g/mol. The van der Waals surface area contributed by atoms with Gasteiger partial charge in [0, 0.05) is 24.3 Å². The molecule has 1 aliphatic heterocycles. The Morgan fingerprint density at radius 1 is 0.914 bits per heavy atom. The molecule has 1 unspecified atom stereocenters. The second-order valence-electron chi connectivity index (χ2n) is 9.57. The number of hydrogen-bond acceptors (Lipinski definition) is 3. The molecule has 1 aliphatic rings. The molecular formula is C30H42N2O3. The van der Waals surface area contributed by atoms with Gasteiger partial charge in [-0.05, 0) is 37.0 Å². The van der Waals surface area contributed by atoms with Crippen molar-refractivity contribution in [3.05, 3.63) is 59.7 Å². The fourth-order valence-electron chi connectivity index (χ4n) is 4.93. The van der Waals surface area contributed by atoms with Crippen molar-refractivity contribution in [2.45, 2.75) is 78.2 Å². The van der Waals surface area contributed by atoms with Gasteiger partial charge in [0.15, 0.2) is 0 Å². The molecule has 2 aromatic carbocycles. The zero-order chi connectivity index (χ0) is 25.0. The second kappa shape index (κ2) is 13.9. The summed E-state index contributed by atoms with van der Waals surface area (Å²) in [7, 11) is 1.64. The smallest absolute Gasteiger partial charge is 0.240 e. The standard InChI is InChI=1S/C30H42N2O3/c1-4-6-8-14-20-31(21-15-9-7-5-2)29(33)26-22-24-16-10-12-18-27(24)32(30(26)34)23-25-17-11-13-19-28(25)35-3/h10-13,16-19,26H,4-9,14-15,20-23H2,1-3H3. The summed E-state index contributed by atoms with van der Waals surface area (Å²) in [6.07, 6.45) is 9.40. The molecule has 1 heterocycles. The number of carbonyl (C=O) groups excluding carboxylic acids is 2. The Bertz CT molecular complexity index is 946. The Hall–Kier alpha value is -2.82. The van der Waals surface area contributed by atoms with E-state index >= 15 is 0 Å². The largest absolute Gasteiger partial charge is 0.496 e. The first-order valence-electron chi connectivity index (χ1n) is 13.4. The summed E-state index contributed by atoms with van der Waals surface area (Å²) in [6.45, 7) is 6.26. The number of anilines is 1. The predicted molar refractivity (Wildman–Crippen MR) is 143 cm³/mol. The highest BCUT2D eigenvalue weighted by Crippen LogP contribution is 2.34.